The molecule has 0 heterocycles. The lowest BCUT2D eigenvalue weighted by Gasteiger charge is -2.17. The van der Waals surface area contributed by atoms with Crippen molar-refractivity contribution < 1.29 is 9.84 Å². The third-order valence-corrected chi connectivity index (χ3v) is 4.43. The number of hydrogen-bond acceptors (Lipinski definition) is 4. The summed E-state index contributed by atoms with van der Waals surface area (Å²) >= 11 is 7.99. The summed E-state index contributed by atoms with van der Waals surface area (Å²) in [6, 6.07) is 8.01. The SMILES string of the molecule is CCSCCC(C)NCC(O)COCc1ccccc1Cl. The van der Waals surface area contributed by atoms with Crippen molar-refractivity contribution in [3.05, 3.63) is 34.9 Å². The molecule has 2 atom stereocenters. The number of ether oxygens (including phenoxy) is 1. The van der Waals surface area contributed by atoms with E-state index >= 15 is 0 Å². The van der Waals surface area contributed by atoms with Crippen LogP contribution >= 0.6 is 23.4 Å². The van der Waals surface area contributed by atoms with Crippen LogP contribution in [-0.4, -0.2) is 41.9 Å². The minimum Gasteiger partial charge on any atom is -0.389 e. The monoisotopic (exact) mass is 331 g/mol. The molecule has 1 aromatic carbocycles. The fourth-order valence-electron chi connectivity index (χ4n) is 1.82. The van der Waals surface area contributed by atoms with E-state index in [4.69, 9.17) is 16.3 Å². The zero-order valence-electron chi connectivity index (χ0n) is 12.8. The molecule has 120 valence electrons. The van der Waals surface area contributed by atoms with Crippen LogP contribution in [0.5, 0.6) is 0 Å². The molecular weight excluding hydrogens is 306 g/mol. The molecule has 0 amide bonds. The van der Waals surface area contributed by atoms with Gasteiger partial charge in [0.2, 0.25) is 0 Å². The lowest BCUT2D eigenvalue weighted by atomic mass is 10.2. The summed E-state index contributed by atoms with van der Waals surface area (Å²) in [6.45, 7) is 5.62. The molecule has 1 aromatic rings. The number of hydrogen-bond donors (Lipinski definition) is 2. The average molecular weight is 332 g/mol. The highest BCUT2D eigenvalue weighted by molar-refractivity contribution is 7.99. The molecule has 0 saturated heterocycles. The van der Waals surface area contributed by atoms with Crippen LogP contribution < -0.4 is 5.32 Å². The van der Waals surface area contributed by atoms with Gasteiger partial charge in [-0.2, -0.15) is 11.8 Å². The fourth-order valence-corrected chi connectivity index (χ4v) is 2.82. The molecule has 5 heteroatoms. The second-order valence-corrected chi connectivity index (χ2v) is 6.86. The first-order chi connectivity index (χ1) is 10.1. The van der Waals surface area contributed by atoms with Gasteiger partial charge in [0.25, 0.3) is 0 Å². The molecule has 0 aromatic heterocycles. The van der Waals surface area contributed by atoms with Crippen molar-refractivity contribution in [1.29, 1.82) is 0 Å². The molecule has 2 N–H and O–H groups in total. The summed E-state index contributed by atoms with van der Waals surface area (Å²) in [5.41, 5.74) is 0.948. The van der Waals surface area contributed by atoms with Crippen molar-refractivity contribution in [2.24, 2.45) is 0 Å². The topological polar surface area (TPSA) is 41.5 Å². The second kappa shape index (κ2) is 11.3. The third kappa shape index (κ3) is 8.69. The van der Waals surface area contributed by atoms with Gasteiger partial charge in [0.05, 0.1) is 19.3 Å². The maximum Gasteiger partial charge on any atom is 0.0897 e. The maximum atomic E-state index is 9.89. The van der Waals surface area contributed by atoms with Crippen LogP contribution in [0.3, 0.4) is 0 Å². The van der Waals surface area contributed by atoms with Crippen molar-refractivity contribution in [2.75, 3.05) is 24.7 Å². The summed E-state index contributed by atoms with van der Waals surface area (Å²) < 4.78 is 5.51. The zero-order valence-corrected chi connectivity index (χ0v) is 14.4. The van der Waals surface area contributed by atoms with Crippen molar-refractivity contribution in [1.82, 2.24) is 5.32 Å². The molecule has 0 fully saturated rings. The van der Waals surface area contributed by atoms with E-state index in [1.165, 1.54) is 0 Å². The standard InChI is InChI=1S/C16H26ClNO2S/c1-3-21-9-8-13(2)18-10-15(19)12-20-11-14-6-4-5-7-16(14)17/h4-7,13,15,18-19H,3,8-12H2,1-2H3. The molecule has 2 unspecified atom stereocenters. The Balaban J connectivity index is 2.11. The highest BCUT2D eigenvalue weighted by Crippen LogP contribution is 2.15. The molecule has 21 heavy (non-hydrogen) atoms. The van der Waals surface area contributed by atoms with E-state index in [-0.39, 0.29) is 0 Å². The number of aliphatic hydroxyl groups excluding tert-OH is 1. The first kappa shape index (κ1) is 18.8. The second-order valence-electron chi connectivity index (χ2n) is 5.06. The van der Waals surface area contributed by atoms with Gasteiger partial charge in [-0.15, -0.1) is 0 Å². The Hall–Kier alpha value is -0.260. The molecule has 0 saturated carbocycles. The summed E-state index contributed by atoms with van der Waals surface area (Å²) in [4.78, 5) is 0. The summed E-state index contributed by atoms with van der Waals surface area (Å²) in [6.07, 6.45) is 0.625. The summed E-state index contributed by atoms with van der Waals surface area (Å²) in [7, 11) is 0. The van der Waals surface area contributed by atoms with E-state index < -0.39 is 6.10 Å². The minimum atomic E-state index is -0.492. The Morgan fingerprint density at radius 2 is 2.14 bits per heavy atom. The number of halogens is 1. The molecule has 1 rings (SSSR count). The lowest BCUT2D eigenvalue weighted by Crippen LogP contribution is -2.36. The van der Waals surface area contributed by atoms with Crippen molar-refractivity contribution in [3.8, 4) is 0 Å². The smallest absolute Gasteiger partial charge is 0.0897 e. The molecule has 0 bridgehead atoms. The average Bonchev–Trinajstić information content (AvgIpc) is 2.47. The molecule has 0 aliphatic rings. The predicted molar refractivity (Wildman–Crippen MR) is 92.2 cm³/mol. The highest BCUT2D eigenvalue weighted by Gasteiger charge is 2.08. The van der Waals surface area contributed by atoms with Crippen LogP contribution in [0.15, 0.2) is 24.3 Å². The van der Waals surface area contributed by atoms with E-state index in [0.29, 0.717) is 30.8 Å². The molecule has 0 aliphatic heterocycles. The molecule has 0 spiro atoms. The van der Waals surface area contributed by atoms with Gasteiger partial charge >= 0.3 is 0 Å². The number of aliphatic hydroxyl groups is 1. The first-order valence-electron chi connectivity index (χ1n) is 7.43. The van der Waals surface area contributed by atoms with Crippen LogP contribution in [0.1, 0.15) is 25.8 Å². The van der Waals surface area contributed by atoms with Gasteiger partial charge in [0.1, 0.15) is 0 Å². The number of benzene rings is 1. The normalized spacial score (nSPS) is 14.1. The fraction of sp³-hybridized carbons (Fsp3) is 0.625. The Labute approximate surface area is 137 Å². The van der Waals surface area contributed by atoms with E-state index in [1.54, 1.807) is 0 Å². The van der Waals surface area contributed by atoms with Crippen LogP contribution in [0.25, 0.3) is 0 Å². The van der Waals surface area contributed by atoms with Gasteiger partial charge in [-0.25, -0.2) is 0 Å². The first-order valence-corrected chi connectivity index (χ1v) is 8.97. The highest BCUT2D eigenvalue weighted by atomic mass is 35.5. The summed E-state index contributed by atoms with van der Waals surface area (Å²) in [5, 5.41) is 13.9. The van der Waals surface area contributed by atoms with Gasteiger partial charge in [-0.05, 0) is 36.5 Å². The Morgan fingerprint density at radius 3 is 2.86 bits per heavy atom. The van der Waals surface area contributed by atoms with E-state index in [9.17, 15) is 5.11 Å². The third-order valence-electron chi connectivity index (χ3n) is 3.13. The van der Waals surface area contributed by atoms with E-state index in [2.05, 4.69) is 19.2 Å². The molecule has 0 radical (unpaired) electrons. The van der Waals surface area contributed by atoms with Crippen LogP contribution in [0.4, 0.5) is 0 Å². The number of thioether (sulfide) groups is 1. The Bertz CT molecular complexity index is 392. The molecular formula is C16H26ClNO2S. The zero-order chi connectivity index (χ0) is 15.5. The quantitative estimate of drug-likeness (QED) is 0.610. The van der Waals surface area contributed by atoms with Gasteiger partial charge in [0, 0.05) is 17.6 Å². The van der Waals surface area contributed by atoms with Gasteiger partial charge in [0.15, 0.2) is 0 Å². The minimum absolute atomic E-state index is 0.314. The predicted octanol–water partition coefficient (Wildman–Crippen LogP) is 3.34. The number of nitrogens with one attached hydrogen (secondary N) is 1. The number of rotatable bonds is 11. The Morgan fingerprint density at radius 1 is 1.38 bits per heavy atom. The van der Waals surface area contributed by atoms with Crippen molar-refractivity contribution in [2.45, 2.75) is 39.0 Å². The Kier molecular flexibility index (Phi) is 10.1. The lowest BCUT2D eigenvalue weighted by molar-refractivity contribution is 0.0278. The molecule has 3 nitrogen and oxygen atoms in total. The van der Waals surface area contributed by atoms with Crippen LogP contribution in [0, 0.1) is 0 Å². The van der Waals surface area contributed by atoms with E-state index in [1.807, 2.05) is 36.0 Å². The van der Waals surface area contributed by atoms with Crippen LogP contribution in [0.2, 0.25) is 5.02 Å². The van der Waals surface area contributed by atoms with Gasteiger partial charge in [-0.3, -0.25) is 0 Å². The molecule has 0 aliphatic carbocycles. The van der Waals surface area contributed by atoms with Gasteiger partial charge in [-0.1, -0.05) is 36.7 Å². The summed E-state index contributed by atoms with van der Waals surface area (Å²) in [5.74, 6) is 2.31. The maximum absolute atomic E-state index is 9.89. The van der Waals surface area contributed by atoms with Crippen molar-refractivity contribution >= 4 is 23.4 Å². The van der Waals surface area contributed by atoms with Gasteiger partial charge < -0.3 is 15.2 Å². The van der Waals surface area contributed by atoms with Crippen LogP contribution in [-0.2, 0) is 11.3 Å². The van der Waals surface area contributed by atoms with E-state index in [0.717, 1.165) is 23.5 Å². The largest absolute Gasteiger partial charge is 0.389 e. The van der Waals surface area contributed by atoms with Crippen molar-refractivity contribution in [3.63, 3.8) is 0 Å².